The molecule has 2 amide bonds. The molecule has 6 heteroatoms. The number of aliphatic hydroxyl groups excluding tert-OH is 1. The minimum atomic E-state index is -0.919. The summed E-state index contributed by atoms with van der Waals surface area (Å²) in [6.07, 6.45) is 8.20. The van der Waals surface area contributed by atoms with Crippen molar-refractivity contribution in [3.05, 3.63) is 29.3 Å². The van der Waals surface area contributed by atoms with E-state index in [0.717, 1.165) is 37.8 Å². The van der Waals surface area contributed by atoms with E-state index >= 15 is 0 Å². The molecule has 2 rings (SSSR count). The number of carbonyl (C=O) groups excluding carboxylic acids is 1. The zero-order valence-corrected chi connectivity index (χ0v) is 13.0. The number of nitrogens with one attached hydrogen (secondary N) is 1. The normalized spacial score (nSPS) is 20.7. The van der Waals surface area contributed by atoms with Crippen LogP contribution in [0.25, 0.3) is 0 Å². The number of halogens is 2. The van der Waals surface area contributed by atoms with Crippen LogP contribution in [0.1, 0.15) is 31.2 Å². The smallest absolute Gasteiger partial charge is 0.321 e. The maximum Gasteiger partial charge on any atom is 0.321 e. The molecule has 1 aliphatic carbocycles. The molecule has 2 N–H and O–H groups in total. The molecule has 1 fully saturated rings. The van der Waals surface area contributed by atoms with Crippen LogP contribution in [0, 0.1) is 29.9 Å². The highest BCUT2D eigenvalue weighted by atomic mass is 19.1. The molecule has 2 unspecified atom stereocenters. The molecule has 1 aromatic rings. The van der Waals surface area contributed by atoms with Gasteiger partial charge < -0.3 is 15.3 Å². The molecular formula is C17H20F2N2O2. The molecule has 0 aliphatic heterocycles. The molecule has 1 aromatic carbocycles. The summed E-state index contributed by atoms with van der Waals surface area (Å²) in [5.74, 6) is 0.286. The predicted octanol–water partition coefficient (Wildman–Crippen LogP) is 2.96. The van der Waals surface area contributed by atoms with E-state index < -0.39 is 29.5 Å². The van der Waals surface area contributed by atoms with Gasteiger partial charge in [0, 0.05) is 25.1 Å². The number of urea groups is 1. The van der Waals surface area contributed by atoms with Gasteiger partial charge in [0.05, 0.1) is 6.10 Å². The first kappa shape index (κ1) is 17.2. The summed E-state index contributed by atoms with van der Waals surface area (Å²) in [5.41, 5.74) is -0.457. The van der Waals surface area contributed by atoms with E-state index in [1.54, 1.807) is 0 Å². The number of benzene rings is 1. The van der Waals surface area contributed by atoms with Gasteiger partial charge in [0.15, 0.2) is 11.6 Å². The van der Waals surface area contributed by atoms with Crippen LogP contribution in [-0.2, 0) is 0 Å². The third-order valence-corrected chi connectivity index (χ3v) is 4.16. The maximum atomic E-state index is 13.8. The summed E-state index contributed by atoms with van der Waals surface area (Å²) in [6.45, 7) is 0.332. The van der Waals surface area contributed by atoms with Gasteiger partial charge in [-0.25, -0.2) is 13.6 Å². The summed E-state index contributed by atoms with van der Waals surface area (Å²) in [7, 11) is 1.53. The van der Waals surface area contributed by atoms with E-state index in [2.05, 4.69) is 11.2 Å². The van der Waals surface area contributed by atoms with Crippen LogP contribution >= 0.6 is 0 Å². The highest BCUT2D eigenvalue weighted by Crippen LogP contribution is 2.25. The van der Waals surface area contributed by atoms with Gasteiger partial charge in [0.25, 0.3) is 0 Å². The van der Waals surface area contributed by atoms with Crippen LogP contribution in [0.15, 0.2) is 12.1 Å². The Balaban J connectivity index is 2.02. The molecule has 2 atom stereocenters. The second-order valence-corrected chi connectivity index (χ2v) is 5.88. The zero-order chi connectivity index (χ0) is 17.0. The van der Waals surface area contributed by atoms with Crippen LogP contribution in [-0.4, -0.2) is 35.7 Å². The van der Waals surface area contributed by atoms with Crippen LogP contribution < -0.4 is 5.32 Å². The first-order valence-corrected chi connectivity index (χ1v) is 7.58. The van der Waals surface area contributed by atoms with E-state index in [-0.39, 0.29) is 11.5 Å². The van der Waals surface area contributed by atoms with E-state index in [4.69, 9.17) is 6.42 Å². The fourth-order valence-electron chi connectivity index (χ4n) is 2.81. The molecule has 1 aliphatic rings. The van der Waals surface area contributed by atoms with Gasteiger partial charge in [-0.2, -0.15) is 0 Å². The van der Waals surface area contributed by atoms with Crippen molar-refractivity contribution in [1.82, 2.24) is 4.90 Å². The van der Waals surface area contributed by atoms with Crippen molar-refractivity contribution in [2.75, 3.05) is 18.9 Å². The number of carbonyl (C=O) groups is 1. The average Bonchev–Trinajstić information content (AvgIpc) is 2.52. The monoisotopic (exact) mass is 322 g/mol. The summed E-state index contributed by atoms with van der Waals surface area (Å²) < 4.78 is 27.7. The van der Waals surface area contributed by atoms with E-state index in [1.165, 1.54) is 11.9 Å². The summed E-state index contributed by atoms with van der Waals surface area (Å²) in [5, 5.41) is 12.2. The second-order valence-electron chi connectivity index (χ2n) is 5.88. The Hall–Kier alpha value is -2.13. The van der Waals surface area contributed by atoms with Crippen LogP contribution in [0.2, 0.25) is 0 Å². The molecule has 0 bridgehead atoms. The molecule has 0 spiro atoms. The van der Waals surface area contributed by atoms with Gasteiger partial charge in [-0.05, 0) is 25.0 Å². The third kappa shape index (κ3) is 4.20. The van der Waals surface area contributed by atoms with E-state index in [1.807, 2.05) is 0 Å². The predicted molar refractivity (Wildman–Crippen MR) is 83.9 cm³/mol. The van der Waals surface area contributed by atoms with E-state index in [0.29, 0.717) is 6.54 Å². The van der Waals surface area contributed by atoms with E-state index in [9.17, 15) is 18.7 Å². The zero-order valence-electron chi connectivity index (χ0n) is 13.0. The Bertz CT molecular complexity index is 605. The molecule has 0 heterocycles. The lowest BCUT2D eigenvalue weighted by Gasteiger charge is -2.31. The molecular weight excluding hydrogens is 302 g/mol. The fraction of sp³-hybridized carbons (Fsp3) is 0.471. The van der Waals surface area contributed by atoms with Crippen molar-refractivity contribution >= 4 is 11.7 Å². The van der Waals surface area contributed by atoms with Crippen LogP contribution in [0.5, 0.6) is 0 Å². The summed E-state index contributed by atoms with van der Waals surface area (Å²) in [6, 6.07) is 1.35. The second kappa shape index (κ2) is 7.42. The van der Waals surface area contributed by atoms with Crippen molar-refractivity contribution < 1.29 is 18.7 Å². The lowest BCUT2D eigenvalue weighted by atomic mass is 9.86. The lowest BCUT2D eigenvalue weighted by Crippen LogP contribution is -2.40. The average molecular weight is 322 g/mol. The fourth-order valence-corrected chi connectivity index (χ4v) is 2.81. The number of terminal acetylenes is 1. The molecule has 23 heavy (non-hydrogen) atoms. The molecule has 1 saturated carbocycles. The molecule has 0 saturated heterocycles. The summed E-state index contributed by atoms with van der Waals surface area (Å²) in [4.78, 5) is 13.4. The van der Waals surface area contributed by atoms with Gasteiger partial charge in [-0.1, -0.05) is 18.8 Å². The third-order valence-electron chi connectivity index (χ3n) is 4.16. The number of hydrogen-bond donors (Lipinski definition) is 2. The largest absolute Gasteiger partial charge is 0.393 e. The SMILES string of the molecule is C#Cc1cc(F)c(NC(=O)N(C)CC2CCCCC2O)c(F)c1. The lowest BCUT2D eigenvalue weighted by molar-refractivity contribution is 0.0575. The van der Waals surface area contributed by atoms with Gasteiger partial charge in [-0.15, -0.1) is 6.42 Å². The molecule has 0 aromatic heterocycles. The number of anilines is 1. The molecule has 4 nitrogen and oxygen atoms in total. The Labute approximate surface area is 134 Å². The number of nitrogens with zero attached hydrogens (tertiary/aromatic N) is 1. The standard InChI is InChI=1S/C17H20F2N2O2/c1-3-11-8-13(18)16(14(19)9-11)20-17(23)21(2)10-12-6-4-5-7-15(12)22/h1,8-9,12,15,22H,4-7,10H2,2H3,(H,20,23). The highest BCUT2D eigenvalue weighted by Gasteiger charge is 2.26. The van der Waals surface area contributed by atoms with Crippen molar-refractivity contribution in [2.24, 2.45) is 5.92 Å². The number of amides is 2. The first-order valence-electron chi connectivity index (χ1n) is 7.58. The Kier molecular flexibility index (Phi) is 5.56. The van der Waals surface area contributed by atoms with Crippen molar-refractivity contribution in [2.45, 2.75) is 31.8 Å². The van der Waals surface area contributed by atoms with Gasteiger partial charge in [-0.3, -0.25) is 0 Å². The first-order chi connectivity index (χ1) is 10.9. The van der Waals surface area contributed by atoms with Crippen molar-refractivity contribution in [3.8, 4) is 12.3 Å². The van der Waals surface area contributed by atoms with Crippen molar-refractivity contribution in [3.63, 3.8) is 0 Å². The minimum absolute atomic E-state index is 0.0157. The Morgan fingerprint density at radius 1 is 1.39 bits per heavy atom. The Morgan fingerprint density at radius 3 is 2.57 bits per heavy atom. The maximum absolute atomic E-state index is 13.8. The number of rotatable bonds is 3. The van der Waals surface area contributed by atoms with Gasteiger partial charge in [0.2, 0.25) is 0 Å². The van der Waals surface area contributed by atoms with Gasteiger partial charge >= 0.3 is 6.03 Å². The highest BCUT2D eigenvalue weighted by molar-refractivity contribution is 5.89. The van der Waals surface area contributed by atoms with Crippen LogP contribution in [0.4, 0.5) is 19.3 Å². The topological polar surface area (TPSA) is 52.6 Å². The number of aliphatic hydroxyl groups is 1. The number of hydrogen-bond acceptors (Lipinski definition) is 2. The quantitative estimate of drug-likeness (QED) is 0.841. The summed E-state index contributed by atoms with van der Waals surface area (Å²) >= 11 is 0. The van der Waals surface area contributed by atoms with Crippen molar-refractivity contribution in [1.29, 1.82) is 0 Å². The Morgan fingerprint density at radius 2 is 2.00 bits per heavy atom. The van der Waals surface area contributed by atoms with Gasteiger partial charge in [0.1, 0.15) is 5.69 Å². The van der Waals surface area contributed by atoms with Crippen LogP contribution in [0.3, 0.4) is 0 Å². The minimum Gasteiger partial charge on any atom is -0.393 e. The molecule has 0 radical (unpaired) electrons. The molecule has 124 valence electrons.